The molecule has 0 aliphatic carbocycles. The molecule has 0 bridgehead atoms. The molecule has 3 aromatic heterocycles. The van der Waals surface area contributed by atoms with Gasteiger partial charge in [0.25, 0.3) is 12.3 Å². The van der Waals surface area contributed by atoms with Crippen molar-refractivity contribution in [3.8, 4) is 11.1 Å². The third-order valence-electron chi connectivity index (χ3n) is 5.16. The van der Waals surface area contributed by atoms with Gasteiger partial charge in [-0.3, -0.25) is 24.4 Å². The second kappa shape index (κ2) is 9.54. The van der Waals surface area contributed by atoms with Gasteiger partial charge in [0.1, 0.15) is 27.3 Å². The Bertz CT molecular complexity index is 1450. The van der Waals surface area contributed by atoms with Gasteiger partial charge in [0.15, 0.2) is 0 Å². The number of amides is 2. The first-order chi connectivity index (χ1) is 16.7. The van der Waals surface area contributed by atoms with Gasteiger partial charge in [0.2, 0.25) is 5.91 Å². The quantitative estimate of drug-likeness (QED) is 0.270. The summed E-state index contributed by atoms with van der Waals surface area (Å²) in [6, 6.07) is 9.88. The van der Waals surface area contributed by atoms with E-state index in [4.69, 9.17) is 5.73 Å². The smallest absolute Gasteiger partial charge is 0.309 e. The summed E-state index contributed by atoms with van der Waals surface area (Å²) in [5.41, 5.74) is 6.13. The van der Waals surface area contributed by atoms with Crippen LogP contribution in [0, 0.1) is 17.0 Å². The van der Waals surface area contributed by atoms with E-state index in [0.29, 0.717) is 16.5 Å². The van der Waals surface area contributed by atoms with Gasteiger partial charge in [-0.1, -0.05) is 30.3 Å². The Morgan fingerprint density at radius 1 is 1.29 bits per heavy atom. The molecule has 0 aliphatic rings. The Morgan fingerprint density at radius 2 is 2.00 bits per heavy atom. The zero-order chi connectivity index (χ0) is 25.3. The number of nitrogens with one attached hydrogen (secondary N) is 1. The van der Waals surface area contributed by atoms with Crippen LogP contribution in [0.1, 0.15) is 33.9 Å². The number of benzene rings is 1. The van der Waals surface area contributed by atoms with Crippen molar-refractivity contribution in [2.75, 3.05) is 5.32 Å². The van der Waals surface area contributed by atoms with Crippen molar-refractivity contribution in [3.63, 3.8) is 0 Å². The van der Waals surface area contributed by atoms with E-state index in [2.05, 4.69) is 15.4 Å². The number of anilines is 1. The third-order valence-corrected chi connectivity index (χ3v) is 6.26. The number of aromatic nitrogens is 3. The van der Waals surface area contributed by atoms with Crippen molar-refractivity contribution in [1.29, 1.82) is 0 Å². The SMILES string of the molecule is Cc1nn(CCC(=O)Nc2c(C(N)=O)sc3nc(C(F)F)cc(-c4ccccc4)c23)cc1[N+](=O)[O-]. The summed E-state index contributed by atoms with van der Waals surface area (Å²) >= 11 is 0.811. The molecule has 35 heavy (non-hydrogen) atoms. The first-order valence-corrected chi connectivity index (χ1v) is 11.1. The largest absolute Gasteiger partial charge is 0.365 e. The van der Waals surface area contributed by atoms with Crippen LogP contribution in [0.2, 0.25) is 0 Å². The van der Waals surface area contributed by atoms with E-state index >= 15 is 0 Å². The van der Waals surface area contributed by atoms with Crippen LogP contribution in [0.15, 0.2) is 42.6 Å². The number of nitrogens with two attached hydrogens (primary N) is 1. The third kappa shape index (κ3) is 4.84. The van der Waals surface area contributed by atoms with E-state index in [1.165, 1.54) is 23.9 Å². The van der Waals surface area contributed by atoms with Crippen LogP contribution in [0.5, 0.6) is 0 Å². The van der Waals surface area contributed by atoms with Crippen molar-refractivity contribution in [1.82, 2.24) is 14.8 Å². The number of primary amides is 1. The van der Waals surface area contributed by atoms with Gasteiger partial charge in [-0.15, -0.1) is 11.3 Å². The standard InChI is InChI=1S/C22H18F2N6O4S/c1-11-15(30(33)34)10-29(28-11)8-7-16(31)27-18-17-13(12-5-3-2-4-6-12)9-14(20(23)24)26-22(17)35-19(18)21(25)32/h2-6,9-10,20H,7-8H2,1H3,(H2,25,32)(H,27,31). The van der Waals surface area contributed by atoms with E-state index in [1.54, 1.807) is 30.3 Å². The van der Waals surface area contributed by atoms with Gasteiger partial charge in [-0.2, -0.15) is 5.10 Å². The lowest BCUT2D eigenvalue weighted by molar-refractivity contribution is -0.385. The Kier molecular flexibility index (Phi) is 6.51. The summed E-state index contributed by atoms with van der Waals surface area (Å²) in [6.07, 6.45) is -1.75. The van der Waals surface area contributed by atoms with Gasteiger partial charge in [0, 0.05) is 18.4 Å². The molecule has 0 aliphatic heterocycles. The van der Waals surface area contributed by atoms with Gasteiger partial charge < -0.3 is 11.1 Å². The zero-order valence-corrected chi connectivity index (χ0v) is 19.0. The number of rotatable bonds is 8. The fourth-order valence-electron chi connectivity index (χ4n) is 3.59. The number of carbonyl (C=O) groups excluding carboxylic acids is 2. The molecular formula is C22H18F2N6O4S. The molecule has 0 fully saturated rings. The lowest BCUT2D eigenvalue weighted by Crippen LogP contribution is -2.18. The first kappa shape index (κ1) is 23.9. The molecule has 0 atom stereocenters. The number of nitro groups is 1. The van der Waals surface area contributed by atoms with Gasteiger partial charge >= 0.3 is 5.69 Å². The van der Waals surface area contributed by atoms with Crippen molar-refractivity contribution in [3.05, 3.63) is 69.0 Å². The Balaban J connectivity index is 1.72. The molecule has 3 heterocycles. The highest BCUT2D eigenvalue weighted by Gasteiger charge is 2.25. The average Bonchev–Trinajstić information content (AvgIpc) is 3.38. The number of fused-ring (bicyclic) bond motifs is 1. The normalized spacial score (nSPS) is 11.2. The Hall–Kier alpha value is -4.26. The summed E-state index contributed by atoms with van der Waals surface area (Å²) in [7, 11) is 0. The molecule has 0 radical (unpaired) electrons. The van der Waals surface area contributed by atoms with Crippen molar-refractivity contribution in [2.45, 2.75) is 26.3 Å². The van der Waals surface area contributed by atoms with Crippen molar-refractivity contribution >= 4 is 44.7 Å². The minimum absolute atomic E-state index is 0.0324. The summed E-state index contributed by atoms with van der Waals surface area (Å²) < 4.78 is 28.4. The molecule has 3 N–H and O–H groups in total. The maximum absolute atomic E-state index is 13.5. The minimum atomic E-state index is -2.85. The second-order valence-corrected chi connectivity index (χ2v) is 8.53. The zero-order valence-electron chi connectivity index (χ0n) is 18.2. The second-order valence-electron chi connectivity index (χ2n) is 7.53. The van der Waals surface area contributed by atoms with E-state index in [-0.39, 0.29) is 39.7 Å². The predicted octanol–water partition coefficient (Wildman–Crippen LogP) is 4.44. The van der Waals surface area contributed by atoms with Crippen LogP contribution in [-0.4, -0.2) is 31.5 Å². The number of pyridine rings is 1. The van der Waals surface area contributed by atoms with E-state index in [1.807, 2.05) is 0 Å². The lowest BCUT2D eigenvalue weighted by atomic mass is 10.0. The molecule has 180 valence electrons. The fraction of sp³-hybridized carbons (Fsp3) is 0.182. The number of thiophene rings is 1. The van der Waals surface area contributed by atoms with E-state index in [0.717, 1.165) is 11.3 Å². The van der Waals surface area contributed by atoms with Crippen LogP contribution in [-0.2, 0) is 11.3 Å². The number of hydrogen-bond donors (Lipinski definition) is 2. The summed E-state index contributed by atoms with van der Waals surface area (Å²) in [4.78, 5) is 39.4. The first-order valence-electron chi connectivity index (χ1n) is 10.2. The number of nitrogens with zero attached hydrogens (tertiary/aromatic N) is 4. The van der Waals surface area contributed by atoms with Crippen molar-refractivity contribution < 1.29 is 23.3 Å². The predicted molar refractivity (Wildman–Crippen MR) is 125 cm³/mol. The monoisotopic (exact) mass is 500 g/mol. The maximum Gasteiger partial charge on any atom is 0.309 e. The molecule has 0 saturated heterocycles. The number of aryl methyl sites for hydroxylation is 2. The van der Waals surface area contributed by atoms with Crippen LogP contribution < -0.4 is 11.1 Å². The summed E-state index contributed by atoms with van der Waals surface area (Å²) in [6.45, 7) is 1.52. The molecular weight excluding hydrogens is 482 g/mol. The van der Waals surface area contributed by atoms with Crippen molar-refractivity contribution in [2.24, 2.45) is 5.73 Å². The summed E-state index contributed by atoms with van der Waals surface area (Å²) in [5, 5.41) is 18.0. The summed E-state index contributed by atoms with van der Waals surface area (Å²) in [5.74, 6) is -1.38. The Morgan fingerprint density at radius 3 is 2.60 bits per heavy atom. The molecule has 4 aromatic rings. The highest BCUT2D eigenvalue weighted by atomic mass is 32.1. The van der Waals surface area contributed by atoms with Crippen LogP contribution in [0.4, 0.5) is 20.2 Å². The number of alkyl halides is 2. The van der Waals surface area contributed by atoms with E-state index in [9.17, 15) is 28.5 Å². The van der Waals surface area contributed by atoms with Crippen LogP contribution in [0.3, 0.4) is 0 Å². The molecule has 4 rings (SSSR count). The molecule has 10 nitrogen and oxygen atoms in total. The van der Waals surface area contributed by atoms with Crippen LogP contribution >= 0.6 is 11.3 Å². The average molecular weight is 500 g/mol. The molecule has 0 spiro atoms. The molecule has 0 unspecified atom stereocenters. The molecule has 0 saturated carbocycles. The number of carbonyl (C=O) groups is 2. The van der Waals surface area contributed by atoms with E-state index < -0.39 is 28.9 Å². The van der Waals surface area contributed by atoms with Crippen LogP contribution in [0.25, 0.3) is 21.3 Å². The maximum atomic E-state index is 13.5. The lowest BCUT2D eigenvalue weighted by Gasteiger charge is -2.11. The highest BCUT2D eigenvalue weighted by Crippen LogP contribution is 2.42. The highest BCUT2D eigenvalue weighted by molar-refractivity contribution is 7.21. The van der Waals surface area contributed by atoms with Gasteiger partial charge in [0.05, 0.1) is 10.6 Å². The molecule has 13 heteroatoms. The topological polar surface area (TPSA) is 146 Å². The number of halogens is 2. The molecule has 1 aromatic carbocycles. The molecule has 2 amide bonds. The Labute approximate surface area is 200 Å². The van der Waals surface area contributed by atoms with Gasteiger partial charge in [-0.25, -0.2) is 13.8 Å². The number of hydrogen-bond acceptors (Lipinski definition) is 7. The van der Waals surface area contributed by atoms with Gasteiger partial charge in [-0.05, 0) is 24.1 Å². The minimum Gasteiger partial charge on any atom is -0.365 e. The fourth-order valence-corrected chi connectivity index (χ4v) is 4.60.